The van der Waals surface area contributed by atoms with Crippen molar-refractivity contribution in [1.29, 1.82) is 0 Å². The number of halogens is 1. The molecule has 0 aliphatic carbocycles. The van der Waals surface area contributed by atoms with Crippen molar-refractivity contribution in [3.8, 4) is 0 Å². The molecule has 0 amide bonds. The minimum atomic E-state index is -0.0669. The molecular weight excluding hydrogens is 186 g/mol. The van der Waals surface area contributed by atoms with E-state index in [4.69, 9.17) is 16.9 Å². The molecular formula is C10H22ClNO. The van der Waals surface area contributed by atoms with Crippen molar-refractivity contribution in [1.82, 2.24) is 4.42 Å². The Labute approximate surface area is 87.0 Å². The first-order valence-corrected chi connectivity index (χ1v) is 5.07. The topological polar surface area (TPSA) is 23.5 Å². The molecule has 1 N–H and O–H groups in total. The summed E-state index contributed by atoms with van der Waals surface area (Å²) >= 11 is 6.05. The summed E-state index contributed by atoms with van der Waals surface area (Å²) in [4.78, 5) is 0. The van der Waals surface area contributed by atoms with Gasteiger partial charge in [-0.2, -0.15) is 0 Å². The van der Waals surface area contributed by atoms with Crippen LogP contribution in [0.1, 0.15) is 41.0 Å². The van der Waals surface area contributed by atoms with Crippen LogP contribution in [0.15, 0.2) is 0 Å². The molecule has 0 rings (SSSR count). The lowest BCUT2D eigenvalue weighted by Gasteiger charge is -2.37. The maximum atomic E-state index is 8.77. The lowest BCUT2D eigenvalue weighted by Crippen LogP contribution is -2.41. The van der Waals surface area contributed by atoms with Crippen molar-refractivity contribution in [2.75, 3.05) is 13.2 Å². The van der Waals surface area contributed by atoms with Crippen molar-refractivity contribution in [3.63, 3.8) is 0 Å². The van der Waals surface area contributed by atoms with E-state index in [1.807, 2.05) is 0 Å². The third-order valence-corrected chi connectivity index (χ3v) is 2.54. The summed E-state index contributed by atoms with van der Waals surface area (Å²) in [7, 11) is 0. The molecule has 0 saturated heterocycles. The summed E-state index contributed by atoms with van der Waals surface area (Å²) in [5.41, 5.74) is 0.189. The summed E-state index contributed by atoms with van der Waals surface area (Å²) in [6.07, 6.45) is 1.00. The van der Waals surface area contributed by atoms with E-state index >= 15 is 0 Å². The molecule has 0 heterocycles. The van der Waals surface area contributed by atoms with Crippen LogP contribution in [-0.2, 0) is 0 Å². The fourth-order valence-electron chi connectivity index (χ4n) is 1.77. The summed E-state index contributed by atoms with van der Waals surface area (Å²) < 4.78 is 1.69. The van der Waals surface area contributed by atoms with Crippen molar-refractivity contribution < 1.29 is 5.11 Å². The fourth-order valence-corrected chi connectivity index (χ4v) is 1.91. The first-order valence-electron chi connectivity index (χ1n) is 4.73. The third-order valence-electron chi connectivity index (χ3n) is 1.92. The maximum absolute atomic E-state index is 8.77. The zero-order valence-corrected chi connectivity index (χ0v) is 10.1. The lowest BCUT2D eigenvalue weighted by atomic mass is 9.82. The van der Waals surface area contributed by atoms with E-state index in [2.05, 4.69) is 34.6 Å². The molecule has 2 nitrogen and oxygen atoms in total. The molecule has 80 valence electrons. The van der Waals surface area contributed by atoms with Gasteiger partial charge in [-0.3, -0.25) is 0 Å². The molecule has 3 heteroatoms. The molecule has 0 radical (unpaired) electrons. The summed E-state index contributed by atoms with van der Waals surface area (Å²) in [5.74, 6) is 0. The molecule has 13 heavy (non-hydrogen) atoms. The molecule has 0 aliphatic heterocycles. The van der Waals surface area contributed by atoms with Crippen molar-refractivity contribution in [2.24, 2.45) is 5.41 Å². The largest absolute Gasteiger partial charge is 0.395 e. The highest BCUT2D eigenvalue weighted by molar-refractivity contribution is 6.13. The van der Waals surface area contributed by atoms with Crippen LogP contribution in [0.4, 0.5) is 0 Å². The monoisotopic (exact) mass is 207 g/mol. The van der Waals surface area contributed by atoms with Gasteiger partial charge in [0.15, 0.2) is 0 Å². The van der Waals surface area contributed by atoms with Gasteiger partial charge in [0.2, 0.25) is 0 Å². The van der Waals surface area contributed by atoms with Crippen LogP contribution in [0.5, 0.6) is 0 Å². The molecule has 0 unspecified atom stereocenters. The summed E-state index contributed by atoms with van der Waals surface area (Å²) in [6, 6.07) is 0. The predicted molar refractivity (Wildman–Crippen MR) is 57.8 cm³/mol. The Balaban J connectivity index is 4.21. The van der Waals surface area contributed by atoms with E-state index in [9.17, 15) is 0 Å². The zero-order valence-electron chi connectivity index (χ0n) is 9.39. The standard InChI is InChI=1S/C10H22ClNO/c1-9(2,3)8-10(4,5)12(11)6-7-13/h13H,6-8H2,1-5H3. The Bertz CT molecular complexity index is 151. The van der Waals surface area contributed by atoms with Crippen molar-refractivity contribution >= 4 is 11.8 Å². The van der Waals surface area contributed by atoms with Gasteiger partial charge in [0.1, 0.15) is 0 Å². The third kappa shape index (κ3) is 5.50. The van der Waals surface area contributed by atoms with Gasteiger partial charge in [0, 0.05) is 12.1 Å². The van der Waals surface area contributed by atoms with Gasteiger partial charge in [-0.15, -0.1) is 0 Å². The Morgan fingerprint density at radius 3 is 1.92 bits per heavy atom. The van der Waals surface area contributed by atoms with Gasteiger partial charge in [-0.25, -0.2) is 4.42 Å². The molecule has 0 aromatic carbocycles. The van der Waals surface area contributed by atoms with Crippen LogP contribution in [0, 0.1) is 5.41 Å². The second kappa shape index (κ2) is 4.63. The Kier molecular flexibility index (Phi) is 4.70. The van der Waals surface area contributed by atoms with Crippen molar-refractivity contribution in [2.45, 2.75) is 46.6 Å². The predicted octanol–water partition coefficient (Wildman–Crippen LogP) is 2.65. The SMILES string of the molecule is CC(C)(C)CC(C)(C)N(Cl)CCO. The van der Waals surface area contributed by atoms with Crippen molar-refractivity contribution in [3.05, 3.63) is 0 Å². The number of aliphatic hydroxyl groups excluding tert-OH is 1. The molecule has 0 aromatic heterocycles. The first-order chi connectivity index (χ1) is 5.69. The molecule has 0 saturated carbocycles. The van der Waals surface area contributed by atoms with Gasteiger partial charge < -0.3 is 5.11 Å². The molecule has 0 fully saturated rings. The van der Waals surface area contributed by atoms with Gasteiger partial charge >= 0.3 is 0 Å². The highest BCUT2D eigenvalue weighted by Crippen LogP contribution is 2.31. The molecule has 0 spiro atoms. The number of aliphatic hydroxyl groups is 1. The molecule has 0 aliphatic rings. The average Bonchev–Trinajstić information content (AvgIpc) is 1.82. The van der Waals surface area contributed by atoms with Crippen LogP contribution >= 0.6 is 11.8 Å². The second-order valence-corrected chi connectivity index (χ2v) is 5.77. The highest BCUT2D eigenvalue weighted by atomic mass is 35.5. The quantitative estimate of drug-likeness (QED) is 0.717. The van der Waals surface area contributed by atoms with Crippen LogP contribution < -0.4 is 0 Å². The lowest BCUT2D eigenvalue weighted by molar-refractivity contribution is 0.135. The Morgan fingerprint density at radius 1 is 1.15 bits per heavy atom. The van der Waals surface area contributed by atoms with Gasteiger partial charge in [0.05, 0.1) is 6.61 Å². The smallest absolute Gasteiger partial charge is 0.0571 e. The number of hydrogen-bond donors (Lipinski definition) is 1. The molecule has 0 atom stereocenters. The summed E-state index contributed by atoms with van der Waals surface area (Å²) in [5, 5.41) is 8.77. The van der Waals surface area contributed by atoms with Gasteiger partial charge in [0.25, 0.3) is 0 Å². The normalized spacial score (nSPS) is 13.8. The maximum Gasteiger partial charge on any atom is 0.0571 e. The second-order valence-electron chi connectivity index (χ2n) is 5.36. The van der Waals surface area contributed by atoms with Gasteiger partial charge in [-0.05, 0) is 37.5 Å². The average molecular weight is 208 g/mol. The number of hydrogen-bond acceptors (Lipinski definition) is 2. The number of β-amino-alcohol motifs (C(OH)–C–C–N with tert-alkyl or cyclic N) is 1. The van der Waals surface area contributed by atoms with E-state index in [1.165, 1.54) is 0 Å². The van der Waals surface area contributed by atoms with Crippen LogP contribution in [0.2, 0.25) is 0 Å². The van der Waals surface area contributed by atoms with E-state index < -0.39 is 0 Å². The minimum absolute atomic E-state index is 0.0669. The Hall–Kier alpha value is 0.210. The van der Waals surface area contributed by atoms with E-state index in [1.54, 1.807) is 4.42 Å². The summed E-state index contributed by atoms with van der Waals surface area (Å²) in [6.45, 7) is 11.4. The van der Waals surface area contributed by atoms with E-state index in [0.29, 0.717) is 6.54 Å². The van der Waals surface area contributed by atoms with Gasteiger partial charge in [-0.1, -0.05) is 20.8 Å². The fraction of sp³-hybridized carbons (Fsp3) is 1.00. The first kappa shape index (κ1) is 13.2. The number of rotatable bonds is 4. The van der Waals surface area contributed by atoms with E-state index in [-0.39, 0.29) is 17.6 Å². The minimum Gasteiger partial charge on any atom is -0.395 e. The molecule has 0 bridgehead atoms. The van der Waals surface area contributed by atoms with E-state index in [0.717, 1.165) is 6.42 Å². The van der Waals surface area contributed by atoms with Crippen LogP contribution in [0.25, 0.3) is 0 Å². The number of nitrogens with zero attached hydrogens (tertiary/aromatic N) is 1. The van der Waals surface area contributed by atoms with Crippen LogP contribution in [0.3, 0.4) is 0 Å². The highest BCUT2D eigenvalue weighted by Gasteiger charge is 2.30. The zero-order chi connectivity index (χ0) is 10.7. The van der Waals surface area contributed by atoms with Crippen LogP contribution in [-0.4, -0.2) is 28.2 Å². The Morgan fingerprint density at radius 2 is 1.62 bits per heavy atom. The molecule has 0 aromatic rings.